The monoisotopic (exact) mass is 596 g/mol. The fourth-order valence-electron chi connectivity index (χ4n) is 5.52. The molecule has 0 bridgehead atoms. The summed E-state index contributed by atoms with van der Waals surface area (Å²) in [6, 6.07) is 17.0. The van der Waals surface area contributed by atoms with Gasteiger partial charge < -0.3 is 20.0 Å². The van der Waals surface area contributed by atoms with Crippen molar-refractivity contribution in [1.82, 2.24) is 20.2 Å². The number of hydrogen-bond donors (Lipinski definition) is 1. The van der Waals surface area contributed by atoms with Gasteiger partial charge in [-0.25, -0.2) is 14.4 Å². The van der Waals surface area contributed by atoms with Crippen LogP contribution in [0, 0.1) is 5.82 Å². The smallest absolute Gasteiger partial charge is 0.251 e. The van der Waals surface area contributed by atoms with Crippen molar-refractivity contribution in [2.24, 2.45) is 0 Å². The number of carbonyl (C=O) groups is 1. The molecule has 1 N–H and O–H groups in total. The first-order chi connectivity index (χ1) is 20.0. The zero-order chi connectivity index (χ0) is 28.6. The molecular weight excluding hydrogens is 559 g/mol. The molecule has 10 heteroatoms. The summed E-state index contributed by atoms with van der Waals surface area (Å²) in [5.74, 6) is 1.15. The summed E-state index contributed by atoms with van der Waals surface area (Å²) in [6.07, 6.45) is 4.82. The molecule has 2 saturated heterocycles. The molecule has 2 aromatic carbocycles. The van der Waals surface area contributed by atoms with Gasteiger partial charge in [0.15, 0.2) is 5.16 Å². The summed E-state index contributed by atoms with van der Waals surface area (Å²) in [5, 5.41) is 4.06. The summed E-state index contributed by atoms with van der Waals surface area (Å²) in [5.41, 5.74) is 2.32. The summed E-state index contributed by atoms with van der Waals surface area (Å²) in [7, 11) is 0. The molecule has 218 valence electrons. The molecule has 7 nitrogen and oxygen atoms in total. The molecule has 3 heterocycles. The van der Waals surface area contributed by atoms with Crippen molar-refractivity contribution in [2.75, 3.05) is 55.6 Å². The standard InChI is InChI=1S/C31H38ClFN6OS/c1-23-8-4-5-14-37(23)15-7-13-34-30(40)25-10-6-9-24(20-25)22-41-31-35-28(32)21-29(36-31)39-18-16-38(17-19-39)27-12-3-2-11-26(27)33/h2-3,6,9-12,20-21,23H,4-5,7-8,13-19,22H2,1H3,(H,34,40). The number of likely N-dealkylation sites (tertiary alicyclic amines) is 1. The number of piperidine rings is 1. The molecule has 0 radical (unpaired) electrons. The van der Waals surface area contributed by atoms with Crippen LogP contribution in [0.2, 0.25) is 5.15 Å². The Hall–Kier alpha value is -2.88. The summed E-state index contributed by atoms with van der Waals surface area (Å²) in [4.78, 5) is 28.7. The molecule has 1 atom stereocenters. The zero-order valence-electron chi connectivity index (χ0n) is 23.6. The van der Waals surface area contributed by atoms with E-state index in [-0.39, 0.29) is 11.7 Å². The largest absolute Gasteiger partial charge is 0.366 e. The van der Waals surface area contributed by atoms with Crippen molar-refractivity contribution in [3.8, 4) is 0 Å². The van der Waals surface area contributed by atoms with Gasteiger partial charge in [-0.1, -0.05) is 54.0 Å². The fraction of sp³-hybridized carbons (Fsp3) is 0.452. The van der Waals surface area contributed by atoms with Crippen molar-refractivity contribution in [3.05, 3.63) is 76.7 Å². The lowest BCUT2D eigenvalue weighted by molar-refractivity contribution is 0.0948. The Kier molecular flexibility index (Phi) is 10.4. The molecule has 3 aromatic rings. The van der Waals surface area contributed by atoms with Gasteiger partial charge in [-0.3, -0.25) is 4.79 Å². The Bertz CT molecular complexity index is 1320. The van der Waals surface area contributed by atoms with Crippen molar-refractivity contribution in [1.29, 1.82) is 0 Å². The van der Waals surface area contributed by atoms with Gasteiger partial charge in [-0.15, -0.1) is 0 Å². The molecule has 2 aliphatic heterocycles. The highest BCUT2D eigenvalue weighted by molar-refractivity contribution is 7.98. The SMILES string of the molecule is CC1CCCCN1CCCNC(=O)c1cccc(CSc2nc(Cl)cc(N3CCN(c4ccccc4F)CC3)n2)c1. The van der Waals surface area contributed by atoms with E-state index in [1.54, 1.807) is 12.1 Å². The number of benzene rings is 2. The molecule has 2 aliphatic rings. The average Bonchev–Trinajstić information content (AvgIpc) is 2.99. The van der Waals surface area contributed by atoms with E-state index in [0.717, 1.165) is 24.3 Å². The predicted octanol–water partition coefficient (Wildman–Crippen LogP) is 5.88. The van der Waals surface area contributed by atoms with Crippen LogP contribution in [0.15, 0.2) is 59.8 Å². The number of nitrogens with zero attached hydrogens (tertiary/aromatic N) is 5. The number of aromatic nitrogens is 2. The number of anilines is 2. The quantitative estimate of drug-likeness (QED) is 0.136. The van der Waals surface area contributed by atoms with Crippen LogP contribution in [-0.4, -0.2) is 72.6 Å². The third kappa shape index (κ3) is 8.11. The van der Waals surface area contributed by atoms with E-state index in [1.165, 1.54) is 43.6 Å². The highest BCUT2D eigenvalue weighted by Crippen LogP contribution is 2.27. The average molecular weight is 597 g/mol. The zero-order valence-corrected chi connectivity index (χ0v) is 25.1. The molecule has 2 fully saturated rings. The van der Waals surface area contributed by atoms with Crippen LogP contribution < -0.4 is 15.1 Å². The minimum absolute atomic E-state index is 0.0423. The number of hydrogen-bond acceptors (Lipinski definition) is 7. The highest BCUT2D eigenvalue weighted by atomic mass is 35.5. The van der Waals surface area contributed by atoms with E-state index >= 15 is 0 Å². The minimum atomic E-state index is -0.200. The first-order valence-electron chi connectivity index (χ1n) is 14.5. The molecule has 5 rings (SSSR count). The molecule has 0 saturated carbocycles. The molecule has 41 heavy (non-hydrogen) atoms. The summed E-state index contributed by atoms with van der Waals surface area (Å²) >= 11 is 7.87. The number of halogens is 2. The van der Waals surface area contributed by atoms with E-state index in [0.29, 0.717) is 66.1 Å². The summed E-state index contributed by atoms with van der Waals surface area (Å²) < 4.78 is 14.2. The van der Waals surface area contributed by atoms with Gasteiger partial charge in [-0.05, 0) is 62.6 Å². The van der Waals surface area contributed by atoms with Gasteiger partial charge >= 0.3 is 0 Å². The predicted molar refractivity (Wildman–Crippen MR) is 166 cm³/mol. The highest BCUT2D eigenvalue weighted by Gasteiger charge is 2.21. The van der Waals surface area contributed by atoms with E-state index in [9.17, 15) is 9.18 Å². The Morgan fingerprint density at radius 3 is 2.63 bits per heavy atom. The van der Waals surface area contributed by atoms with E-state index in [4.69, 9.17) is 16.6 Å². The van der Waals surface area contributed by atoms with Crippen LogP contribution in [0.3, 0.4) is 0 Å². The van der Waals surface area contributed by atoms with Gasteiger partial charge in [0.2, 0.25) is 0 Å². The second-order valence-electron chi connectivity index (χ2n) is 10.7. The lowest BCUT2D eigenvalue weighted by Crippen LogP contribution is -2.47. The van der Waals surface area contributed by atoms with Crippen LogP contribution in [-0.2, 0) is 5.75 Å². The van der Waals surface area contributed by atoms with Crippen LogP contribution in [0.5, 0.6) is 0 Å². The molecule has 0 spiro atoms. The number of piperazine rings is 1. The van der Waals surface area contributed by atoms with Gasteiger partial charge in [0.05, 0.1) is 5.69 Å². The lowest BCUT2D eigenvalue weighted by Gasteiger charge is -2.36. The number of rotatable bonds is 10. The Morgan fingerprint density at radius 1 is 1.02 bits per heavy atom. The van der Waals surface area contributed by atoms with Gasteiger partial charge in [0, 0.05) is 62.7 Å². The van der Waals surface area contributed by atoms with Crippen LogP contribution in [0.4, 0.5) is 15.9 Å². The Labute approximate surface area is 251 Å². The molecule has 1 aromatic heterocycles. The maximum absolute atomic E-state index is 14.2. The first-order valence-corrected chi connectivity index (χ1v) is 15.9. The normalized spacial score (nSPS) is 18.0. The van der Waals surface area contributed by atoms with E-state index < -0.39 is 0 Å². The van der Waals surface area contributed by atoms with Crippen LogP contribution in [0.1, 0.15) is 48.5 Å². The second-order valence-corrected chi connectivity index (χ2v) is 12.1. The summed E-state index contributed by atoms with van der Waals surface area (Å²) in [6.45, 7) is 7.97. The minimum Gasteiger partial charge on any atom is -0.366 e. The number of carbonyl (C=O) groups excluding carboxylic acids is 1. The third-order valence-corrected chi connectivity index (χ3v) is 8.98. The molecule has 1 amide bonds. The first kappa shape index (κ1) is 29.6. The Balaban J connectivity index is 1.11. The number of thioether (sulfide) groups is 1. The lowest BCUT2D eigenvalue weighted by atomic mass is 10.0. The van der Waals surface area contributed by atoms with Crippen molar-refractivity contribution in [2.45, 2.75) is 49.6 Å². The van der Waals surface area contributed by atoms with Gasteiger partial charge in [-0.2, -0.15) is 0 Å². The van der Waals surface area contributed by atoms with E-state index in [1.807, 2.05) is 36.4 Å². The fourth-order valence-corrected chi connectivity index (χ4v) is 6.55. The van der Waals surface area contributed by atoms with Crippen molar-refractivity contribution < 1.29 is 9.18 Å². The van der Waals surface area contributed by atoms with Gasteiger partial charge in [0.1, 0.15) is 16.8 Å². The van der Waals surface area contributed by atoms with Gasteiger partial charge in [0.25, 0.3) is 5.91 Å². The topological polar surface area (TPSA) is 64.6 Å². The molecule has 0 aliphatic carbocycles. The van der Waals surface area contributed by atoms with Crippen molar-refractivity contribution >= 4 is 40.8 Å². The third-order valence-electron chi connectivity index (χ3n) is 7.86. The van der Waals surface area contributed by atoms with Crippen molar-refractivity contribution in [3.63, 3.8) is 0 Å². The molecule has 1 unspecified atom stereocenters. The number of nitrogens with one attached hydrogen (secondary N) is 1. The van der Waals surface area contributed by atoms with Crippen LogP contribution in [0.25, 0.3) is 0 Å². The number of amides is 1. The van der Waals surface area contributed by atoms with Crippen LogP contribution >= 0.6 is 23.4 Å². The maximum atomic E-state index is 14.2. The molecular formula is C31H38ClFN6OS. The second kappa shape index (κ2) is 14.3. The number of para-hydroxylation sites is 1. The van der Waals surface area contributed by atoms with E-state index in [2.05, 4.69) is 31.9 Å². The Morgan fingerprint density at radius 2 is 1.83 bits per heavy atom. The maximum Gasteiger partial charge on any atom is 0.251 e.